The summed E-state index contributed by atoms with van der Waals surface area (Å²) in [6, 6.07) is 7.27. The van der Waals surface area contributed by atoms with Crippen LogP contribution in [0.2, 0.25) is 0 Å². The van der Waals surface area contributed by atoms with E-state index in [0.717, 1.165) is 5.75 Å². The summed E-state index contributed by atoms with van der Waals surface area (Å²) in [6.45, 7) is 7.90. The summed E-state index contributed by atoms with van der Waals surface area (Å²) in [7, 11) is 1.60. The summed E-state index contributed by atoms with van der Waals surface area (Å²) in [4.78, 5) is 12.5. The molecule has 0 N–H and O–H groups in total. The van der Waals surface area contributed by atoms with Gasteiger partial charge >= 0.3 is 0 Å². The van der Waals surface area contributed by atoms with E-state index in [2.05, 4.69) is 0 Å². The number of hydrogen-bond acceptors (Lipinski definition) is 3. The number of benzene rings is 1. The zero-order valence-electron chi connectivity index (χ0n) is 12.5. The quantitative estimate of drug-likeness (QED) is 0.701. The average molecular weight is 264 g/mol. The minimum absolute atomic E-state index is 0.0381. The maximum Gasteiger partial charge on any atom is 0.194 e. The lowest BCUT2D eigenvalue weighted by atomic mass is 9.87. The van der Waals surface area contributed by atoms with E-state index in [1.54, 1.807) is 19.2 Å². The van der Waals surface area contributed by atoms with E-state index in [1.807, 2.05) is 39.8 Å². The predicted octanol–water partition coefficient (Wildman–Crippen LogP) is 3.86. The standard InChI is InChI=1S/C16H24O3/c1-6-16(7-2,18-5)15(17)13-8-10-14(11-9-13)19-12(3)4/h8-12H,6-7H2,1-5H3. The predicted molar refractivity (Wildman–Crippen MR) is 76.9 cm³/mol. The number of carbonyl (C=O) groups excluding carboxylic acids is 1. The zero-order valence-corrected chi connectivity index (χ0v) is 12.5. The molecule has 0 aromatic heterocycles. The van der Waals surface area contributed by atoms with Crippen molar-refractivity contribution in [1.29, 1.82) is 0 Å². The van der Waals surface area contributed by atoms with Crippen molar-refractivity contribution in [1.82, 2.24) is 0 Å². The fourth-order valence-electron chi connectivity index (χ4n) is 2.17. The molecule has 0 spiro atoms. The summed E-state index contributed by atoms with van der Waals surface area (Å²) in [5, 5.41) is 0. The molecule has 0 fully saturated rings. The number of rotatable bonds is 7. The fraction of sp³-hybridized carbons (Fsp3) is 0.562. The number of Topliss-reactive ketones (excluding diaryl/α,β-unsaturated/α-hetero) is 1. The van der Waals surface area contributed by atoms with Gasteiger partial charge < -0.3 is 9.47 Å². The van der Waals surface area contributed by atoms with Crippen LogP contribution in [0.4, 0.5) is 0 Å². The lowest BCUT2D eigenvalue weighted by Crippen LogP contribution is -2.39. The largest absolute Gasteiger partial charge is 0.491 e. The minimum Gasteiger partial charge on any atom is -0.491 e. The number of hydrogen-bond donors (Lipinski definition) is 0. The van der Waals surface area contributed by atoms with Crippen molar-refractivity contribution in [2.45, 2.75) is 52.2 Å². The van der Waals surface area contributed by atoms with Crippen LogP contribution in [-0.4, -0.2) is 24.6 Å². The molecule has 0 bridgehead atoms. The Morgan fingerprint density at radius 3 is 2.05 bits per heavy atom. The highest BCUT2D eigenvalue weighted by Gasteiger charge is 2.35. The van der Waals surface area contributed by atoms with Gasteiger partial charge in [-0.25, -0.2) is 0 Å². The van der Waals surface area contributed by atoms with Gasteiger partial charge in [-0.2, -0.15) is 0 Å². The van der Waals surface area contributed by atoms with E-state index in [0.29, 0.717) is 18.4 Å². The molecule has 0 aliphatic heterocycles. The van der Waals surface area contributed by atoms with E-state index in [-0.39, 0.29) is 11.9 Å². The van der Waals surface area contributed by atoms with E-state index >= 15 is 0 Å². The van der Waals surface area contributed by atoms with Crippen LogP contribution in [0.3, 0.4) is 0 Å². The molecular formula is C16H24O3. The van der Waals surface area contributed by atoms with Gasteiger partial charge in [0.25, 0.3) is 0 Å². The Balaban J connectivity index is 2.94. The number of methoxy groups -OCH3 is 1. The second-order valence-electron chi connectivity index (χ2n) is 4.93. The number of ketones is 1. The summed E-state index contributed by atoms with van der Waals surface area (Å²) < 4.78 is 11.0. The van der Waals surface area contributed by atoms with E-state index < -0.39 is 5.60 Å². The average Bonchev–Trinajstić information content (AvgIpc) is 2.41. The number of carbonyl (C=O) groups is 1. The maximum atomic E-state index is 12.5. The van der Waals surface area contributed by atoms with Crippen LogP contribution < -0.4 is 4.74 Å². The van der Waals surface area contributed by atoms with Crippen LogP contribution in [-0.2, 0) is 4.74 Å². The highest BCUT2D eigenvalue weighted by molar-refractivity contribution is 6.02. The van der Waals surface area contributed by atoms with E-state index in [9.17, 15) is 4.79 Å². The molecule has 0 aliphatic rings. The topological polar surface area (TPSA) is 35.5 Å². The van der Waals surface area contributed by atoms with Crippen molar-refractivity contribution in [3.05, 3.63) is 29.8 Å². The molecule has 0 unspecified atom stereocenters. The lowest BCUT2D eigenvalue weighted by molar-refractivity contribution is -0.00261. The molecule has 0 atom stereocenters. The van der Waals surface area contributed by atoms with Crippen LogP contribution in [0.1, 0.15) is 50.9 Å². The molecule has 0 saturated heterocycles. The maximum absolute atomic E-state index is 12.5. The molecule has 1 aromatic carbocycles. The third-order valence-corrected chi connectivity index (χ3v) is 3.44. The van der Waals surface area contributed by atoms with Gasteiger partial charge in [0.1, 0.15) is 11.4 Å². The van der Waals surface area contributed by atoms with Crippen LogP contribution in [0, 0.1) is 0 Å². The Kier molecular flexibility index (Phi) is 5.55. The molecule has 0 saturated carbocycles. The van der Waals surface area contributed by atoms with Gasteiger partial charge in [-0.05, 0) is 51.0 Å². The highest BCUT2D eigenvalue weighted by Crippen LogP contribution is 2.26. The fourth-order valence-corrected chi connectivity index (χ4v) is 2.17. The van der Waals surface area contributed by atoms with Crippen LogP contribution in [0.5, 0.6) is 5.75 Å². The van der Waals surface area contributed by atoms with Crippen LogP contribution in [0.15, 0.2) is 24.3 Å². The molecule has 0 aliphatic carbocycles. The van der Waals surface area contributed by atoms with Gasteiger partial charge in [0.15, 0.2) is 5.78 Å². The molecule has 1 aromatic rings. The van der Waals surface area contributed by atoms with Crippen LogP contribution >= 0.6 is 0 Å². The zero-order chi connectivity index (χ0) is 14.5. The Labute approximate surface area is 115 Å². The second kappa shape index (κ2) is 6.71. The summed E-state index contributed by atoms with van der Waals surface area (Å²) in [5.41, 5.74) is -0.0397. The first-order chi connectivity index (χ1) is 8.99. The van der Waals surface area contributed by atoms with Gasteiger partial charge in [0.2, 0.25) is 0 Å². The van der Waals surface area contributed by atoms with Crippen molar-refractivity contribution in [3.63, 3.8) is 0 Å². The van der Waals surface area contributed by atoms with Crippen molar-refractivity contribution < 1.29 is 14.3 Å². The van der Waals surface area contributed by atoms with Gasteiger partial charge in [-0.15, -0.1) is 0 Å². The third kappa shape index (κ3) is 3.57. The van der Waals surface area contributed by atoms with Crippen molar-refractivity contribution in [3.8, 4) is 5.75 Å². The first-order valence-corrected chi connectivity index (χ1v) is 6.85. The van der Waals surface area contributed by atoms with E-state index in [4.69, 9.17) is 9.47 Å². The second-order valence-corrected chi connectivity index (χ2v) is 4.93. The first kappa shape index (κ1) is 15.7. The molecule has 0 radical (unpaired) electrons. The normalized spacial score (nSPS) is 11.7. The minimum atomic E-state index is -0.708. The van der Waals surface area contributed by atoms with Crippen molar-refractivity contribution in [2.75, 3.05) is 7.11 Å². The van der Waals surface area contributed by atoms with Gasteiger partial charge in [0, 0.05) is 12.7 Å². The number of ether oxygens (including phenoxy) is 2. The molecule has 3 heteroatoms. The van der Waals surface area contributed by atoms with Gasteiger partial charge in [-0.3, -0.25) is 4.79 Å². The van der Waals surface area contributed by atoms with Gasteiger partial charge in [0.05, 0.1) is 6.10 Å². The Hall–Kier alpha value is -1.35. The highest BCUT2D eigenvalue weighted by atomic mass is 16.5. The Morgan fingerprint density at radius 2 is 1.68 bits per heavy atom. The smallest absolute Gasteiger partial charge is 0.194 e. The molecular weight excluding hydrogens is 240 g/mol. The van der Waals surface area contributed by atoms with Crippen molar-refractivity contribution >= 4 is 5.78 Å². The van der Waals surface area contributed by atoms with E-state index in [1.165, 1.54) is 0 Å². The van der Waals surface area contributed by atoms with Crippen molar-refractivity contribution in [2.24, 2.45) is 0 Å². The molecule has 3 nitrogen and oxygen atoms in total. The van der Waals surface area contributed by atoms with Crippen LogP contribution in [0.25, 0.3) is 0 Å². The SMILES string of the molecule is CCC(CC)(OC)C(=O)c1ccc(OC(C)C)cc1. The molecule has 19 heavy (non-hydrogen) atoms. The Morgan fingerprint density at radius 1 is 1.16 bits per heavy atom. The molecule has 1 rings (SSSR count). The molecule has 0 heterocycles. The Bertz CT molecular complexity index is 394. The third-order valence-electron chi connectivity index (χ3n) is 3.44. The first-order valence-electron chi connectivity index (χ1n) is 6.85. The summed E-state index contributed by atoms with van der Waals surface area (Å²) in [5.74, 6) is 0.818. The molecule has 0 amide bonds. The summed E-state index contributed by atoms with van der Waals surface area (Å²) in [6.07, 6.45) is 1.47. The summed E-state index contributed by atoms with van der Waals surface area (Å²) >= 11 is 0. The molecule has 106 valence electrons. The monoisotopic (exact) mass is 264 g/mol. The lowest BCUT2D eigenvalue weighted by Gasteiger charge is -2.28. The van der Waals surface area contributed by atoms with Gasteiger partial charge in [-0.1, -0.05) is 13.8 Å².